The second-order valence-electron chi connectivity index (χ2n) is 11.3. The maximum absolute atomic E-state index is 13.4. The van der Waals surface area contributed by atoms with E-state index in [1.165, 1.54) is 21.4 Å². The number of benzene rings is 3. The molecule has 0 aliphatic heterocycles. The van der Waals surface area contributed by atoms with Crippen LogP contribution in [0.5, 0.6) is 5.75 Å². The van der Waals surface area contributed by atoms with Gasteiger partial charge < -0.3 is 4.74 Å². The summed E-state index contributed by atoms with van der Waals surface area (Å²) >= 11 is 1.32. The first-order chi connectivity index (χ1) is 19.7. The van der Waals surface area contributed by atoms with Crippen LogP contribution in [0.3, 0.4) is 0 Å². The van der Waals surface area contributed by atoms with Crippen molar-refractivity contribution >= 4 is 22.4 Å². The molecule has 206 valence electrons. The highest BCUT2D eigenvalue weighted by Gasteiger charge is 2.17. The van der Waals surface area contributed by atoms with Gasteiger partial charge in [-0.1, -0.05) is 74.6 Å². The van der Waals surface area contributed by atoms with Crippen LogP contribution in [0, 0.1) is 0 Å². The molecule has 0 saturated carbocycles. The molecule has 41 heavy (non-hydrogen) atoms. The van der Waals surface area contributed by atoms with Gasteiger partial charge in [-0.25, -0.2) is 4.68 Å². The fourth-order valence-electron chi connectivity index (χ4n) is 4.61. The Morgan fingerprint density at radius 2 is 1.56 bits per heavy atom. The van der Waals surface area contributed by atoms with Gasteiger partial charge in [-0.05, 0) is 67.3 Å². The van der Waals surface area contributed by atoms with Crippen molar-refractivity contribution in [1.29, 1.82) is 0 Å². The average molecular weight is 562 g/mol. The normalized spacial score (nSPS) is 12.5. The third-order valence-electron chi connectivity index (χ3n) is 6.74. The molecule has 0 fully saturated rings. The van der Waals surface area contributed by atoms with Gasteiger partial charge in [-0.15, -0.1) is 5.10 Å². The van der Waals surface area contributed by atoms with E-state index in [1.54, 1.807) is 0 Å². The zero-order valence-corrected chi connectivity index (χ0v) is 24.5. The number of nitrogens with zero attached hydrogens (tertiary/aromatic N) is 5. The summed E-state index contributed by atoms with van der Waals surface area (Å²) in [5.41, 5.74) is 5.43. The molecule has 0 saturated heterocycles. The molecule has 3 heterocycles. The molecule has 8 heteroatoms. The smallest absolute Gasteiger partial charge is 0.291 e. The summed E-state index contributed by atoms with van der Waals surface area (Å²) in [6.07, 6.45) is 3.91. The fraction of sp³-hybridized carbons (Fsp3) is 0.212. The van der Waals surface area contributed by atoms with E-state index in [2.05, 4.69) is 43.0 Å². The largest absolute Gasteiger partial charge is 0.491 e. The lowest BCUT2D eigenvalue weighted by molar-refractivity contribution is 0.242. The molecule has 6 rings (SSSR count). The van der Waals surface area contributed by atoms with Crippen LogP contribution in [0.4, 0.5) is 0 Å². The van der Waals surface area contributed by atoms with Gasteiger partial charge in [-0.3, -0.25) is 4.79 Å². The second-order valence-corrected chi connectivity index (χ2v) is 12.3. The lowest BCUT2D eigenvalue weighted by Crippen LogP contribution is -2.23. The van der Waals surface area contributed by atoms with Crippen molar-refractivity contribution in [2.45, 2.75) is 46.1 Å². The van der Waals surface area contributed by atoms with Crippen molar-refractivity contribution in [3.8, 4) is 34.1 Å². The highest BCUT2D eigenvalue weighted by Crippen LogP contribution is 2.28. The Morgan fingerprint density at radius 3 is 2.20 bits per heavy atom. The molecule has 0 amide bonds. The summed E-state index contributed by atoms with van der Waals surface area (Å²) in [7, 11) is 0. The molecule has 0 aliphatic carbocycles. The summed E-state index contributed by atoms with van der Waals surface area (Å²) in [5.74, 6) is 1.34. The number of aromatic nitrogens is 5. The van der Waals surface area contributed by atoms with Crippen LogP contribution >= 0.6 is 11.3 Å². The van der Waals surface area contributed by atoms with Crippen LogP contribution in [0.15, 0.2) is 89.9 Å². The van der Waals surface area contributed by atoms with E-state index >= 15 is 0 Å². The van der Waals surface area contributed by atoms with E-state index in [-0.39, 0.29) is 17.1 Å². The van der Waals surface area contributed by atoms with E-state index in [9.17, 15) is 4.79 Å². The molecule has 0 unspecified atom stereocenters. The number of hydrogen-bond acceptors (Lipinski definition) is 6. The van der Waals surface area contributed by atoms with E-state index in [0.717, 1.165) is 33.8 Å². The van der Waals surface area contributed by atoms with Crippen molar-refractivity contribution in [2.24, 2.45) is 0 Å². The Balaban J connectivity index is 1.40. The van der Waals surface area contributed by atoms with E-state index in [4.69, 9.17) is 9.84 Å². The highest BCUT2D eigenvalue weighted by atomic mass is 32.1. The Labute approximate surface area is 242 Å². The van der Waals surface area contributed by atoms with Gasteiger partial charge in [0.15, 0.2) is 5.82 Å². The minimum atomic E-state index is -0.200. The van der Waals surface area contributed by atoms with Crippen molar-refractivity contribution in [1.82, 2.24) is 24.4 Å². The molecule has 3 aromatic heterocycles. The zero-order valence-electron chi connectivity index (χ0n) is 23.7. The van der Waals surface area contributed by atoms with E-state index < -0.39 is 0 Å². The van der Waals surface area contributed by atoms with Crippen LogP contribution in [0.2, 0.25) is 0 Å². The van der Waals surface area contributed by atoms with Gasteiger partial charge in [0.1, 0.15) is 11.4 Å². The Kier molecular flexibility index (Phi) is 6.79. The Hall–Kier alpha value is -4.56. The number of ether oxygens (including phenoxy) is 1. The molecule has 0 spiro atoms. The van der Waals surface area contributed by atoms with Crippen LogP contribution in [-0.4, -0.2) is 30.5 Å². The predicted molar refractivity (Wildman–Crippen MR) is 165 cm³/mol. The third-order valence-corrected chi connectivity index (χ3v) is 7.70. The molecule has 0 bridgehead atoms. The topological polar surface area (TPSA) is 74.3 Å². The number of thiazole rings is 1. The predicted octanol–water partition coefficient (Wildman–Crippen LogP) is 6.30. The zero-order chi connectivity index (χ0) is 28.7. The summed E-state index contributed by atoms with van der Waals surface area (Å²) in [6, 6.07) is 26.0. The van der Waals surface area contributed by atoms with E-state index in [0.29, 0.717) is 15.3 Å². The van der Waals surface area contributed by atoms with Gasteiger partial charge in [-0.2, -0.15) is 14.6 Å². The van der Waals surface area contributed by atoms with Crippen molar-refractivity contribution in [3.05, 3.63) is 111 Å². The summed E-state index contributed by atoms with van der Waals surface area (Å²) in [5, 5.41) is 9.45. The van der Waals surface area contributed by atoms with Crippen LogP contribution < -0.4 is 14.8 Å². The van der Waals surface area contributed by atoms with Gasteiger partial charge in [0.05, 0.1) is 16.3 Å². The van der Waals surface area contributed by atoms with Gasteiger partial charge in [0.2, 0.25) is 4.96 Å². The fourth-order valence-corrected chi connectivity index (χ4v) is 5.51. The van der Waals surface area contributed by atoms with E-state index in [1.807, 2.05) is 97.5 Å². The minimum Gasteiger partial charge on any atom is -0.491 e. The highest BCUT2D eigenvalue weighted by molar-refractivity contribution is 7.15. The molecule has 0 aliphatic rings. The van der Waals surface area contributed by atoms with Gasteiger partial charge in [0.25, 0.3) is 5.56 Å². The number of hydrogen-bond donors (Lipinski definition) is 0. The van der Waals surface area contributed by atoms with Gasteiger partial charge in [0, 0.05) is 22.9 Å². The lowest BCUT2D eigenvalue weighted by atomic mass is 9.87. The maximum atomic E-state index is 13.4. The molecule has 0 atom stereocenters. The molecule has 0 radical (unpaired) electrons. The van der Waals surface area contributed by atoms with Crippen LogP contribution in [0.1, 0.15) is 45.7 Å². The Morgan fingerprint density at radius 1 is 0.878 bits per heavy atom. The number of fused-ring (bicyclic) bond motifs is 1. The van der Waals surface area contributed by atoms with Crippen molar-refractivity contribution in [2.75, 3.05) is 0 Å². The number of rotatable bonds is 6. The summed E-state index contributed by atoms with van der Waals surface area (Å²) in [4.78, 5) is 18.7. The van der Waals surface area contributed by atoms with Gasteiger partial charge >= 0.3 is 0 Å². The lowest BCUT2D eigenvalue weighted by Gasteiger charge is -2.18. The average Bonchev–Trinajstić information content (AvgIpc) is 3.64. The molecular formula is C33H31N5O2S. The standard InChI is InChI=1S/C33H31N5O2S/c1-21(2)40-27-17-13-22(14-18-27)29-24(20-37(35-29)26-9-7-6-8-10-26)19-28-31(39)38-32(41-28)34-30(36-38)23-11-15-25(16-12-23)33(3,4)5/h6-21H,1-5H3/b28-19+. The monoisotopic (exact) mass is 561 g/mol. The number of para-hydroxylation sites is 1. The second kappa shape index (κ2) is 10.4. The van der Waals surface area contributed by atoms with Crippen molar-refractivity contribution < 1.29 is 4.74 Å². The summed E-state index contributed by atoms with van der Waals surface area (Å²) in [6.45, 7) is 10.5. The molecule has 7 nitrogen and oxygen atoms in total. The molecule has 0 N–H and O–H groups in total. The SMILES string of the molecule is CC(C)Oc1ccc(-c2nn(-c3ccccc3)cc2/C=c2/sc3nc(-c4ccc(C(C)(C)C)cc4)nn3c2=O)cc1. The van der Waals surface area contributed by atoms with Crippen LogP contribution in [-0.2, 0) is 5.41 Å². The first kappa shape index (κ1) is 26.7. The molecule has 3 aromatic carbocycles. The first-order valence-corrected chi connectivity index (χ1v) is 14.4. The first-order valence-electron chi connectivity index (χ1n) is 13.6. The quantitative estimate of drug-likeness (QED) is 0.239. The maximum Gasteiger partial charge on any atom is 0.291 e. The van der Waals surface area contributed by atoms with Crippen LogP contribution in [0.25, 0.3) is 39.4 Å². The minimum absolute atomic E-state index is 0.0600. The third kappa shape index (κ3) is 5.43. The molecule has 6 aromatic rings. The van der Waals surface area contributed by atoms with Crippen molar-refractivity contribution in [3.63, 3.8) is 0 Å². The summed E-state index contributed by atoms with van der Waals surface area (Å²) < 4.78 is 9.59. The molecular weight excluding hydrogens is 530 g/mol. The Bertz CT molecular complexity index is 1930.